The number of carbonyl (C=O) groups is 2. The lowest BCUT2D eigenvalue weighted by atomic mass is 10.2. The summed E-state index contributed by atoms with van der Waals surface area (Å²) in [4.78, 5) is 23.4. The van der Waals surface area contributed by atoms with E-state index in [1.807, 2.05) is 6.92 Å². The van der Waals surface area contributed by atoms with E-state index >= 15 is 0 Å². The second kappa shape index (κ2) is 10.7. The Bertz CT molecular complexity index is 1270. The van der Waals surface area contributed by atoms with E-state index in [9.17, 15) is 18.0 Å². The van der Waals surface area contributed by atoms with Crippen molar-refractivity contribution in [2.24, 2.45) is 5.73 Å². The molecule has 0 atom stereocenters. The maximum absolute atomic E-state index is 12.9. The molecule has 178 valence electrons. The average molecular weight is 484 g/mol. The summed E-state index contributed by atoms with van der Waals surface area (Å²) in [6.07, 6.45) is 0. The van der Waals surface area contributed by atoms with Crippen molar-refractivity contribution < 1.29 is 27.5 Å². The first-order chi connectivity index (χ1) is 16.2. The SMILES string of the molecule is CCOc1ccc(NS(=O)(=O)c2cc(NC(=O)COc3ccc(C(N)=O)cc3)ccc2C)cc1. The Morgan fingerprint density at radius 1 is 0.882 bits per heavy atom. The number of nitrogens with one attached hydrogen (secondary N) is 2. The van der Waals surface area contributed by atoms with Crippen molar-refractivity contribution in [3.63, 3.8) is 0 Å². The molecule has 0 spiro atoms. The topological polar surface area (TPSA) is 137 Å². The Labute approximate surface area is 197 Å². The Kier molecular flexibility index (Phi) is 7.75. The van der Waals surface area contributed by atoms with Gasteiger partial charge in [-0.1, -0.05) is 6.07 Å². The number of rotatable bonds is 10. The molecule has 0 unspecified atom stereocenters. The number of anilines is 2. The summed E-state index contributed by atoms with van der Waals surface area (Å²) in [5.74, 6) is -0.0265. The maximum atomic E-state index is 12.9. The van der Waals surface area contributed by atoms with Crippen molar-refractivity contribution in [2.75, 3.05) is 23.3 Å². The second-order valence-corrected chi connectivity index (χ2v) is 8.92. The number of aryl methyl sites for hydroxylation is 1. The molecule has 4 N–H and O–H groups in total. The van der Waals surface area contributed by atoms with Gasteiger partial charge in [0.2, 0.25) is 5.91 Å². The van der Waals surface area contributed by atoms with Crippen LogP contribution in [0.4, 0.5) is 11.4 Å². The second-order valence-electron chi connectivity index (χ2n) is 7.27. The molecule has 0 fully saturated rings. The maximum Gasteiger partial charge on any atom is 0.262 e. The lowest BCUT2D eigenvalue weighted by Crippen LogP contribution is -2.21. The van der Waals surface area contributed by atoms with Crippen LogP contribution in [0.2, 0.25) is 0 Å². The fourth-order valence-corrected chi connectivity index (χ4v) is 4.36. The van der Waals surface area contributed by atoms with E-state index in [-0.39, 0.29) is 11.5 Å². The summed E-state index contributed by atoms with van der Waals surface area (Å²) in [7, 11) is -3.90. The smallest absolute Gasteiger partial charge is 0.262 e. The first-order valence-corrected chi connectivity index (χ1v) is 11.8. The summed E-state index contributed by atoms with van der Waals surface area (Å²) in [5, 5.41) is 2.62. The summed E-state index contributed by atoms with van der Waals surface area (Å²) in [6.45, 7) is 3.73. The van der Waals surface area contributed by atoms with Gasteiger partial charge in [0.05, 0.1) is 11.5 Å². The highest BCUT2D eigenvalue weighted by molar-refractivity contribution is 7.92. The lowest BCUT2D eigenvalue weighted by molar-refractivity contribution is -0.118. The van der Waals surface area contributed by atoms with E-state index in [1.165, 1.54) is 30.3 Å². The monoisotopic (exact) mass is 483 g/mol. The average Bonchev–Trinajstić information content (AvgIpc) is 2.80. The van der Waals surface area contributed by atoms with Gasteiger partial charge in [0.25, 0.3) is 15.9 Å². The van der Waals surface area contributed by atoms with Gasteiger partial charge in [0.1, 0.15) is 11.5 Å². The van der Waals surface area contributed by atoms with E-state index in [2.05, 4.69) is 10.0 Å². The molecule has 0 aromatic heterocycles. The van der Waals surface area contributed by atoms with E-state index < -0.39 is 21.8 Å². The van der Waals surface area contributed by atoms with Crippen molar-refractivity contribution in [1.29, 1.82) is 0 Å². The highest BCUT2D eigenvalue weighted by Gasteiger charge is 2.18. The third kappa shape index (κ3) is 6.48. The number of sulfonamides is 1. The number of hydrogen-bond donors (Lipinski definition) is 3. The van der Waals surface area contributed by atoms with Gasteiger partial charge < -0.3 is 20.5 Å². The minimum atomic E-state index is -3.90. The first-order valence-electron chi connectivity index (χ1n) is 10.4. The third-order valence-corrected chi connectivity index (χ3v) is 6.21. The molecule has 3 rings (SSSR count). The van der Waals surface area contributed by atoms with Crippen LogP contribution < -0.4 is 25.2 Å². The van der Waals surface area contributed by atoms with Gasteiger partial charge in [-0.05, 0) is 80.1 Å². The molecule has 0 bridgehead atoms. The molecule has 0 aliphatic heterocycles. The third-order valence-electron chi connectivity index (χ3n) is 4.69. The van der Waals surface area contributed by atoms with Crippen molar-refractivity contribution >= 4 is 33.2 Å². The molecule has 0 radical (unpaired) electrons. The van der Waals surface area contributed by atoms with Crippen LogP contribution in [-0.2, 0) is 14.8 Å². The molecule has 9 nitrogen and oxygen atoms in total. The van der Waals surface area contributed by atoms with E-state index in [0.29, 0.717) is 40.6 Å². The van der Waals surface area contributed by atoms with E-state index in [0.717, 1.165) is 0 Å². The number of ether oxygens (including phenoxy) is 2. The normalized spacial score (nSPS) is 10.9. The van der Waals surface area contributed by atoms with Crippen LogP contribution in [0.25, 0.3) is 0 Å². The fraction of sp³-hybridized carbons (Fsp3) is 0.167. The predicted octanol–water partition coefficient (Wildman–Crippen LogP) is 3.31. The van der Waals surface area contributed by atoms with Crippen molar-refractivity contribution in [1.82, 2.24) is 0 Å². The summed E-state index contributed by atoms with van der Waals surface area (Å²) in [6, 6.07) is 17.2. The number of amides is 2. The number of carbonyl (C=O) groups excluding carboxylic acids is 2. The highest BCUT2D eigenvalue weighted by Crippen LogP contribution is 2.24. The van der Waals surface area contributed by atoms with Gasteiger partial charge >= 0.3 is 0 Å². The molecule has 34 heavy (non-hydrogen) atoms. The van der Waals surface area contributed by atoms with Crippen LogP contribution in [0.3, 0.4) is 0 Å². The van der Waals surface area contributed by atoms with Crippen molar-refractivity contribution in [3.05, 3.63) is 77.9 Å². The molecule has 10 heteroatoms. The minimum Gasteiger partial charge on any atom is -0.494 e. The minimum absolute atomic E-state index is 0.0298. The highest BCUT2D eigenvalue weighted by atomic mass is 32.2. The standard InChI is InChI=1S/C24H25N3O6S/c1-3-32-20-12-8-18(9-13-20)27-34(30,31)22-14-19(7-4-16(22)2)26-23(28)15-33-21-10-5-17(6-11-21)24(25)29/h4-14,27H,3,15H2,1-2H3,(H2,25,29)(H,26,28). The van der Waals surface area contributed by atoms with Gasteiger partial charge in [-0.2, -0.15) is 0 Å². The molecule has 3 aromatic carbocycles. The van der Waals surface area contributed by atoms with Gasteiger partial charge in [-0.15, -0.1) is 0 Å². The first kappa shape index (κ1) is 24.6. The molecular formula is C24H25N3O6S. The van der Waals surface area contributed by atoms with Crippen LogP contribution in [0.15, 0.2) is 71.6 Å². The molecular weight excluding hydrogens is 458 g/mol. The Hall–Kier alpha value is -4.05. The fourth-order valence-electron chi connectivity index (χ4n) is 3.02. The van der Waals surface area contributed by atoms with Gasteiger partial charge in [-0.3, -0.25) is 14.3 Å². The van der Waals surface area contributed by atoms with E-state index in [1.54, 1.807) is 43.3 Å². The predicted molar refractivity (Wildman–Crippen MR) is 129 cm³/mol. The van der Waals surface area contributed by atoms with Crippen molar-refractivity contribution in [2.45, 2.75) is 18.7 Å². The Balaban J connectivity index is 1.66. The molecule has 0 saturated carbocycles. The van der Waals surface area contributed by atoms with Gasteiger partial charge in [0.15, 0.2) is 6.61 Å². The number of primary amides is 1. The zero-order valence-corrected chi connectivity index (χ0v) is 19.5. The number of hydrogen-bond acceptors (Lipinski definition) is 6. The Morgan fingerprint density at radius 3 is 2.09 bits per heavy atom. The lowest BCUT2D eigenvalue weighted by Gasteiger charge is -2.13. The molecule has 0 aliphatic rings. The van der Waals surface area contributed by atoms with Crippen molar-refractivity contribution in [3.8, 4) is 11.5 Å². The van der Waals surface area contributed by atoms with Gasteiger partial charge in [-0.25, -0.2) is 8.42 Å². The zero-order chi connectivity index (χ0) is 24.7. The zero-order valence-electron chi connectivity index (χ0n) is 18.7. The number of benzene rings is 3. The van der Waals surface area contributed by atoms with Crippen LogP contribution >= 0.6 is 0 Å². The van der Waals surface area contributed by atoms with Crippen LogP contribution in [0.1, 0.15) is 22.8 Å². The summed E-state index contributed by atoms with van der Waals surface area (Å²) < 4.78 is 39.2. The van der Waals surface area contributed by atoms with Gasteiger partial charge in [0, 0.05) is 16.9 Å². The van der Waals surface area contributed by atoms with E-state index in [4.69, 9.17) is 15.2 Å². The van der Waals surface area contributed by atoms with Crippen LogP contribution in [0.5, 0.6) is 11.5 Å². The van der Waals surface area contributed by atoms with Crippen LogP contribution in [-0.4, -0.2) is 33.4 Å². The summed E-state index contributed by atoms with van der Waals surface area (Å²) >= 11 is 0. The largest absolute Gasteiger partial charge is 0.494 e. The quantitative estimate of drug-likeness (QED) is 0.405. The number of nitrogens with two attached hydrogens (primary N) is 1. The van der Waals surface area contributed by atoms with Crippen LogP contribution in [0, 0.1) is 6.92 Å². The molecule has 2 amide bonds. The molecule has 3 aromatic rings. The molecule has 0 heterocycles. The molecule has 0 saturated heterocycles. The summed E-state index contributed by atoms with van der Waals surface area (Å²) in [5.41, 5.74) is 6.71. The molecule has 0 aliphatic carbocycles. The Morgan fingerprint density at radius 2 is 1.47 bits per heavy atom.